The van der Waals surface area contributed by atoms with E-state index in [1.807, 2.05) is 49.7 Å². The first kappa shape index (κ1) is 18.2. The summed E-state index contributed by atoms with van der Waals surface area (Å²) >= 11 is 0. The van der Waals surface area contributed by atoms with Crippen molar-refractivity contribution in [2.45, 2.75) is 39.1 Å². The van der Waals surface area contributed by atoms with E-state index < -0.39 is 10.0 Å². The molecule has 2 aromatic carbocycles. The van der Waals surface area contributed by atoms with Gasteiger partial charge in [-0.15, -0.1) is 0 Å². The lowest BCUT2D eigenvalue weighted by atomic mass is 10.2. The van der Waals surface area contributed by atoms with Gasteiger partial charge >= 0.3 is 0 Å². The Morgan fingerprint density at radius 3 is 2.23 bits per heavy atom. The molecule has 6 heteroatoms. The Balaban J connectivity index is 1.77. The van der Waals surface area contributed by atoms with Gasteiger partial charge in [-0.2, -0.15) is 5.10 Å². The number of hydrogen-bond donors (Lipinski definition) is 1. The van der Waals surface area contributed by atoms with Gasteiger partial charge in [0, 0.05) is 11.4 Å². The third-order valence-corrected chi connectivity index (χ3v) is 5.80. The number of hydrogen-bond acceptors (Lipinski definition) is 3. The molecule has 5 nitrogen and oxygen atoms in total. The lowest BCUT2D eigenvalue weighted by Crippen LogP contribution is -2.14. The number of nitrogens with one attached hydrogen (secondary N) is 1. The molecule has 26 heavy (non-hydrogen) atoms. The maximum atomic E-state index is 12.6. The van der Waals surface area contributed by atoms with Gasteiger partial charge in [-0.05, 0) is 63.1 Å². The fraction of sp³-hybridized carbons (Fsp3) is 0.250. The van der Waals surface area contributed by atoms with Crippen molar-refractivity contribution in [3.05, 3.63) is 76.6 Å². The molecule has 0 amide bonds. The standard InChI is InChI=1S/C20H23N3O2S/c1-14-5-10-20(15(2)11-14)26(24,25)22-19-8-6-18(7-9-19)13-23-17(4)12-16(3)21-23/h5-12,22H,13H2,1-4H3. The highest BCUT2D eigenvalue weighted by molar-refractivity contribution is 7.92. The molecular formula is C20H23N3O2S. The number of aryl methyl sites for hydroxylation is 4. The fourth-order valence-electron chi connectivity index (χ4n) is 3.00. The second-order valence-corrected chi connectivity index (χ2v) is 8.31. The van der Waals surface area contributed by atoms with Gasteiger partial charge in [0.2, 0.25) is 0 Å². The van der Waals surface area contributed by atoms with E-state index in [1.165, 1.54) is 0 Å². The predicted molar refractivity (Wildman–Crippen MR) is 104 cm³/mol. The molecule has 0 saturated carbocycles. The molecule has 0 saturated heterocycles. The van der Waals surface area contributed by atoms with Crippen molar-refractivity contribution in [3.63, 3.8) is 0 Å². The van der Waals surface area contributed by atoms with Crippen LogP contribution in [0, 0.1) is 27.7 Å². The molecule has 0 spiro atoms. The summed E-state index contributed by atoms with van der Waals surface area (Å²) in [5, 5.41) is 4.45. The van der Waals surface area contributed by atoms with Crippen LogP contribution in [0.4, 0.5) is 5.69 Å². The highest BCUT2D eigenvalue weighted by Gasteiger charge is 2.16. The number of anilines is 1. The number of aromatic nitrogens is 2. The summed E-state index contributed by atoms with van der Waals surface area (Å²) in [5.74, 6) is 0. The van der Waals surface area contributed by atoms with Gasteiger partial charge < -0.3 is 0 Å². The predicted octanol–water partition coefficient (Wildman–Crippen LogP) is 3.97. The summed E-state index contributed by atoms with van der Waals surface area (Å²) < 4.78 is 29.8. The largest absolute Gasteiger partial charge is 0.280 e. The van der Waals surface area contributed by atoms with Crippen LogP contribution >= 0.6 is 0 Å². The van der Waals surface area contributed by atoms with Crippen LogP contribution in [0.1, 0.15) is 28.1 Å². The summed E-state index contributed by atoms with van der Waals surface area (Å²) in [6.07, 6.45) is 0. The molecule has 0 atom stereocenters. The maximum absolute atomic E-state index is 12.6. The third kappa shape index (κ3) is 3.96. The molecule has 0 aliphatic heterocycles. The second-order valence-electron chi connectivity index (χ2n) is 6.66. The lowest BCUT2D eigenvalue weighted by Gasteiger charge is -2.12. The smallest absolute Gasteiger partial charge is 0.262 e. The van der Waals surface area contributed by atoms with Crippen LogP contribution in [0.15, 0.2) is 53.4 Å². The van der Waals surface area contributed by atoms with Gasteiger partial charge in [0.15, 0.2) is 0 Å². The van der Waals surface area contributed by atoms with E-state index in [1.54, 1.807) is 31.2 Å². The first-order valence-electron chi connectivity index (χ1n) is 8.45. The molecule has 0 fully saturated rings. The van der Waals surface area contributed by atoms with Crippen molar-refractivity contribution in [3.8, 4) is 0 Å². The fourth-order valence-corrected chi connectivity index (χ4v) is 4.28. The zero-order chi connectivity index (χ0) is 18.9. The molecule has 1 N–H and O–H groups in total. The molecule has 136 valence electrons. The molecule has 1 heterocycles. The first-order chi connectivity index (χ1) is 12.2. The van der Waals surface area contributed by atoms with E-state index >= 15 is 0 Å². The first-order valence-corrected chi connectivity index (χ1v) is 9.93. The Bertz CT molecular complexity index is 1040. The minimum absolute atomic E-state index is 0.301. The van der Waals surface area contributed by atoms with E-state index in [2.05, 4.69) is 9.82 Å². The van der Waals surface area contributed by atoms with E-state index in [4.69, 9.17) is 0 Å². The number of sulfonamides is 1. The zero-order valence-electron chi connectivity index (χ0n) is 15.4. The molecule has 3 rings (SSSR count). The van der Waals surface area contributed by atoms with Crippen molar-refractivity contribution in [1.29, 1.82) is 0 Å². The normalized spacial score (nSPS) is 11.5. The molecule has 0 radical (unpaired) electrons. The highest BCUT2D eigenvalue weighted by Crippen LogP contribution is 2.21. The Morgan fingerprint density at radius 2 is 1.65 bits per heavy atom. The molecule has 0 aliphatic rings. The lowest BCUT2D eigenvalue weighted by molar-refractivity contribution is 0.600. The van der Waals surface area contributed by atoms with Crippen LogP contribution in [0.25, 0.3) is 0 Å². The minimum Gasteiger partial charge on any atom is -0.280 e. The highest BCUT2D eigenvalue weighted by atomic mass is 32.2. The summed E-state index contributed by atoms with van der Waals surface area (Å²) in [6, 6.07) is 14.7. The van der Waals surface area contributed by atoms with Crippen LogP contribution in [0.5, 0.6) is 0 Å². The molecule has 1 aromatic heterocycles. The van der Waals surface area contributed by atoms with E-state index in [0.717, 1.165) is 28.1 Å². The van der Waals surface area contributed by atoms with Crippen LogP contribution in [0.3, 0.4) is 0 Å². The van der Waals surface area contributed by atoms with Gasteiger partial charge in [0.05, 0.1) is 17.1 Å². The second kappa shape index (κ2) is 6.96. The molecule has 0 bridgehead atoms. The number of rotatable bonds is 5. The van der Waals surface area contributed by atoms with Crippen molar-refractivity contribution in [1.82, 2.24) is 9.78 Å². The Labute approximate surface area is 154 Å². The summed E-state index contributed by atoms with van der Waals surface area (Å²) in [7, 11) is -3.60. The Morgan fingerprint density at radius 1 is 0.962 bits per heavy atom. The third-order valence-electron chi connectivity index (χ3n) is 4.26. The Hall–Kier alpha value is -2.60. The van der Waals surface area contributed by atoms with Crippen LogP contribution in [-0.2, 0) is 16.6 Å². The van der Waals surface area contributed by atoms with Gasteiger partial charge in [-0.3, -0.25) is 9.40 Å². The van der Waals surface area contributed by atoms with Crippen molar-refractivity contribution in [2.75, 3.05) is 4.72 Å². The van der Waals surface area contributed by atoms with Gasteiger partial charge in [0.25, 0.3) is 10.0 Å². The number of benzene rings is 2. The van der Waals surface area contributed by atoms with Gasteiger partial charge in [0.1, 0.15) is 0 Å². The zero-order valence-corrected chi connectivity index (χ0v) is 16.3. The topological polar surface area (TPSA) is 64.0 Å². The molecule has 0 unspecified atom stereocenters. The van der Waals surface area contributed by atoms with Crippen molar-refractivity contribution >= 4 is 15.7 Å². The number of nitrogens with zero attached hydrogens (tertiary/aromatic N) is 2. The van der Waals surface area contributed by atoms with Gasteiger partial charge in [-0.1, -0.05) is 29.8 Å². The average molecular weight is 369 g/mol. The summed E-state index contributed by atoms with van der Waals surface area (Å²) in [5.41, 5.74) is 5.46. The van der Waals surface area contributed by atoms with Crippen LogP contribution < -0.4 is 4.72 Å². The van der Waals surface area contributed by atoms with Crippen molar-refractivity contribution in [2.24, 2.45) is 0 Å². The average Bonchev–Trinajstić information content (AvgIpc) is 2.86. The molecule has 0 aliphatic carbocycles. The summed E-state index contributed by atoms with van der Waals surface area (Å²) in [6.45, 7) is 8.39. The van der Waals surface area contributed by atoms with Crippen LogP contribution in [-0.4, -0.2) is 18.2 Å². The quantitative estimate of drug-likeness (QED) is 0.740. The Kier molecular flexibility index (Phi) is 4.87. The molecule has 3 aromatic rings. The van der Waals surface area contributed by atoms with Gasteiger partial charge in [-0.25, -0.2) is 8.42 Å². The van der Waals surface area contributed by atoms with Crippen molar-refractivity contribution < 1.29 is 8.42 Å². The van der Waals surface area contributed by atoms with E-state index in [0.29, 0.717) is 17.1 Å². The van der Waals surface area contributed by atoms with Crippen LogP contribution in [0.2, 0.25) is 0 Å². The SMILES string of the molecule is Cc1ccc(S(=O)(=O)Nc2ccc(Cn3nc(C)cc3C)cc2)c(C)c1. The van der Waals surface area contributed by atoms with E-state index in [-0.39, 0.29) is 0 Å². The summed E-state index contributed by atoms with van der Waals surface area (Å²) in [4.78, 5) is 0.301. The molecular weight excluding hydrogens is 346 g/mol. The maximum Gasteiger partial charge on any atom is 0.262 e. The van der Waals surface area contributed by atoms with E-state index in [9.17, 15) is 8.42 Å². The monoisotopic (exact) mass is 369 g/mol. The minimum atomic E-state index is -3.60.